The van der Waals surface area contributed by atoms with E-state index in [2.05, 4.69) is 4.99 Å². The molecular formula is C21H11Cl2F10N5. The molecule has 1 saturated heterocycles. The summed E-state index contributed by atoms with van der Waals surface area (Å²) >= 11 is 12.0. The summed E-state index contributed by atoms with van der Waals surface area (Å²) < 4.78 is 136. The highest BCUT2D eigenvalue weighted by Crippen LogP contribution is 2.46. The summed E-state index contributed by atoms with van der Waals surface area (Å²) in [5.74, 6) is -4.12. The van der Waals surface area contributed by atoms with E-state index in [1.165, 1.54) is 12.1 Å². The van der Waals surface area contributed by atoms with E-state index in [-0.39, 0.29) is 5.56 Å². The topological polar surface area (TPSA) is 54.7 Å². The molecule has 204 valence electrons. The first kappa shape index (κ1) is 28.0. The molecule has 2 aromatic rings. The average Bonchev–Trinajstić information content (AvgIpc) is 3.04. The van der Waals surface area contributed by atoms with Gasteiger partial charge in [-0.25, -0.2) is 9.38 Å². The third-order valence-corrected chi connectivity index (χ3v) is 6.00. The van der Waals surface area contributed by atoms with Crippen LogP contribution in [0.15, 0.2) is 52.7 Å². The van der Waals surface area contributed by atoms with Crippen molar-refractivity contribution in [2.24, 2.45) is 4.99 Å². The standard InChI is InChI=1S/C21H11Cl2F10N5/c22-10-5-9(19(25,26)27)6-11(23)14(10)38-16(34)13-15(20(28,29)30)35-18(21(31,32)33)36-17(13)37(38)7-8-3-1-2-4-12(8)24/h1-6,17,34H,7H2,(H,35,36). The van der Waals surface area contributed by atoms with Crippen molar-refractivity contribution in [2.75, 3.05) is 5.01 Å². The van der Waals surface area contributed by atoms with Gasteiger partial charge in [0.15, 0.2) is 6.17 Å². The third-order valence-electron chi connectivity index (χ3n) is 5.43. The first-order valence-electron chi connectivity index (χ1n) is 10.1. The Hall–Kier alpha value is -3.04. The summed E-state index contributed by atoms with van der Waals surface area (Å²) in [6.45, 7) is -0.781. The van der Waals surface area contributed by atoms with E-state index in [0.29, 0.717) is 22.2 Å². The third kappa shape index (κ3) is 5.01. The fourth-order valence-corrected chi connectivity index (χ4v) is 4.49. The number of hydrogen-bond donors (Lipinski definition) is 2. The van der Waals surface area contributed by atoms with Gasteiger partial charge >= 0.3 is 18.5 Å². The molecule has 0 amide bonds. The average molecular weight is 594 g/mol. The molecule has 38 heavy (non-hydrogen) atoms. The lowest BCUT2D eigenvalue weighted by molar-refractivity contribution is -0.137. The van der Waals surface area contributed by atoms with Gasteiger partial charge in [0, 0.05) is 12.1 Å². The normalized spacial score (nSPS) is 19.1. The number of anilines is 1. The minimum Gasteiger partial charge on any atom is -0.332 e. The van der Waals surface area contributed by atoms with E-state index in [9.17, 15) is 43.9 Å². The largest absolute Gasteiger partial charge is 0.449 e. The van der Waals surface area contributed by atoms with E-state index in [1.807, 2.05) is 0 Å². The summed E-state index contributed by atoms with van der Waals surface area (Å²) in [6.07, 6.45) is -18.0. The molecule has 17 heteroatoms. The summed E-state index contributed by atoms with van der Waals surface area (Å²) in [5.41, 5.74) is -5.35. The number of hydrazine groups is 1. The van der Waals surface area contributed by atoms with Gasteiger partial charge in [0.25, 0.3) is 0 Å². The number of rotatable bonds is 3. The Kier molecular flexibility index (Phi) is 6.85. The number of benzene rings is 2. The molecule has 0 aliphatic carbocycles. The first-order valence-corrected chi connectivity index (χ1v) is 10.9. The number of nitrogens with zero attached hydrogens (tertiary/aromatic N) is 3. The Balaban J connectivity index is 1.99. The van der Waals surface area contributed by atoms with Crippen LogP contribution in [0.5, 0.6) is 0 Å². The van der Waals surface area contributed by atoms with Gasteiger partial charge in [0.2, 0.25) is 5.84 Å². The van der Waals surface area contributed by atoms with Gasteiger partial charge in [0.1, 0.15) is 17.3 Å². The van der Waals surface area contributed by atoms with Crippen molar-refractivity contribution in [3.05, 3.63) is 74.7 Å². The Morgan fingerprint density at radius 3 is 1.97 bits per heavy atom. The second-order valence-electron chi connectivity index (χ2n) is 7.90. The minimum atomic E-state index is -5.46. The quantitative estimate of drug-likeness (QED) is 0.374. The molecular weight excluding hydrogens is 583 g/mol. The predicted octanol–water partition coefficient (Wildman–Crippen LogP) is 7.07. The molecule has 2 aliphatic rings. The SMILES string of the molecule is N=C1C2=C(C(F)(F)F)NC(C(F)(F)F)=NC2N(Cc2ccccc2F)N1c1c(Cl)cc(C(F)(F)F)cc1Cl. The van der Waals surface area contributed by atoms with Crippen molar-refractivity contribution in [1.29, 1.82) is 5.41 Å². The number of nitrogens with one attached hydrogen (secondary N) is 2. The van der Waals surface area contributed by atoms with Crippen LogP contribution in [0.2, 0.25) is 10.0 Å². The van der Waals surface area contributed by atoms with Crippen LogP contribution in [0, 0.1) is 11.2 Å². The van der Waals surface area contributed by atoms with Crippen molar-refractivity contribution in [2.45, 2.75) is 31.2 Å². The van der Waals surface area contributed by atoms with Crippen LogP contribution < -0.4 is 10.3 Å². The molecule has 2 aromatic carbocycles. The number of aliphatic imine (C=N–C) groups is 1. The maximum absolute atomic E-state index is 14.5. The Bertz CT molecular complexity index is 1340. The first-order chi connectivity index (χ1) is 17.4. The fourth-order valence-electron chi connectivity index (χ4n) is 3.84. The molecule has 0 bridgehead atoms. The van der Waals surface area contributed by atoms with Gasteiger partial charge in [0.05, 0.1) is 26.9 Å². The highest BCUT2D eigenvalue weighted by molar-refractivity contribution is 6.40. The lowest BCUT2D eigenvalue weighted by Crippen LogP contribution is -2.48. The van der Waals surface area contributed by atoms with Gasteiger partial charge in [-0.15, -0.1) is 0 Å². The van der Waals surface area contributed by atoms with Crippen molar-refractivity contribution in [1.82, 2.24) is 10.3 Å². The Labute approximate surface area is 216 Å². The number of amidine groups is 2. The fraction of sp³-hybridized carbons (Fsp3) is 0.238. The van der Waals surface area contributed by atoms with Crippen molar-refractivity contribution in [3.8, 4) is 0 Å². The molecule has 2 heterocycles. The number of allylic oxidation sites excluding steroid dienone is 1. The zero-order valence-corrected chi connectivity index (χ0v) is 19.6. The van der Waals surface area contributed by atoms with Crippen LogP contribution >= 0.6 is 23.2 Å². The van der Waals surface area contributed by atoms with Crippen LogP contribution in [0.3, 0.4) is 0 Å². The molecule has 0 spiro atoms. The van der Waals surface area contributed by atoms with E-state index < -0.39 is 81.3 Å². The van der Waals surface area contributed by atoms with Crippen LogP contribution in [0.4, 0.5) is 49.6 Å². The molecule has 1 fully saturated rings. The van der Waals surface area contributed by atoms with Crippen LogP contribution in [-0.2, 0) is 12.7 Å². The smallest absolute Gasteiger partial charge is 0.332 e. The molecule has 1 atom stereocenters. The van der Waals surface area contributed by atoms with Gasteiger partial charge in [-0.2, -0.15) is 44.5 Å². The van der Waals surface area contributed by atoms with Gasteiger partial charge < -0.3 is 5.32 Å². The number of alkyl halides is 9. The van der Waals surface area contributed by atoms with Gasteiger partial charge in [-0.05, 0) is 18.2 Å². The maximum Gasteiger partial charge on any atom is 0.449 e. The van der Waals surface area contributed by atoms with Crippen molar-refractivity contribution in [3.63, 3.8) is 0 Å². The molecule has 5 nitrogen and oxygen atoms in total. The molecule has 4 rings (SSSR count). The van der Waals surface area contributed by atoms with Crippen molar-refractivity contribution < 1.29 is 43.9 Å². The monoisotopic (exact) mass is 593 g/mol. The Morgan fingerprint density at radius 2 is 1.47 bits per heavy atom. The number of fused-ring (bicyclic) bond motifs is 1. The van der Waals surface area contributed by atoms with Crippen molar-refractivity contribution >= 4 is 40.6 Å². The van der Waals surface area contributed by atoms with E-state index in [4.69, 9.17) is 28.6 Å². The Morgan fingerprint density at radius 1 is 0.895 bits per heavy atom. The van der Waals surface area contributed by atoms with Gasteiger partial charge in [-0.1, -0.05) is 41.4 Å². The second-order valence-corrected chi connectivity index (χ2v) is 8.71. The molecule has 1 unspecified atom stereocenters. The number of halogens is 12. The number of hydrogen-bond acceptors (Lipinski definition) is 4. The minimum absolute atomic E-state index is 0.249. The lowest BCUT2D eigenvalue weighted by atomic mass is 10.1. The summed E-state index contributed by atoms with van der Waals surface area (Å²) in [4.78, 5) is 3.31. The van der Waals surface area contributed by atoms with Crippen LogP contribution in [-0.4, -0.2) is 35.2 Å². The van der Waals surface area contributed by atoms with Gasteiger partial charge in [-0.3, -0.25) is 10.4 Å². The lowest BCUT2D eigenvalue weighted by Gasteiger charge is -2.33. The molecule has 2 N–H and O–H groups in total. The highest BCUT2D eigenvalue weighted by Gasteiger charge is 2.54. The zero-order chi connectivity index (χ0) is 28.4. The zero-order valence-electron chi connectivity index (χ0n) is 18.1. The summed E-state index contributed by atoms with van der Waals surface area (Å²) in [7, 11) is 0. The molecule has 0 radical (unpaired) electrons. The van der Waals surface area contributed by atoms with E-state index in [0.717, 1.165) is 17.4 Å². The molecule has 0 aromatic heterocycles. The second kappa shape index (κ2) is 9.31. The summed E-state index contributed by atoms with van der Waals surface area (Å²) in [5, 5.41) is 9.09. The van der Waals surface area contributed by atoms with E-state index >= 15 is 0 Å². The van der Waals surface area contributed by atoms with Crippen LogP contribution in [0.25, 0.3) is 0 Å². The maximum atomic E-state index is 14.5. The van der Waals surface area contributed by atoms with Crippen LogP contribution in [0.1, 0.15) is 11.1 Å². The predicted molar refractivity (Wildman–Crippen MR) is 117 cm³/mol. The molecule has 0 saturated carbocycles. The summed E-state index contributed by atoms with van der Waals surface area (Å²) in [6, 6.07) is 5.47. The van der Waals surface area contributed by atoms with E-state index in [1.54, 1.807) is 0 Å². The highest BCUT2D eigenvalue weighted by atomic mass is 35.5. The molecule has 2 aliphatic heterocycles.